The second-order valence-electron chi connectivity index (χ2n) is 12.2. The van der Waals surface area contributed by atoms with E-state index >= 15 is 0 Å². The number of hydrogen-bond acceptors (Lipinski definition) is 2. The first-order chi connectivity index (χ1) is 14.9. The van der Waals surface area contributed by atoms with Gasteiger partial charge in [0, 0.05) is 0 Å². The number of rotatable bonds is 3. The summed E-state index contributed by atoms with van der Waals surface area (Å²) in [5, 5.41) is 2.70. The molecular weight excluding hydrogens is 411 g/mol. The fourth-order valence-corrected chi connectivity index (χ4v) is 12.2. The molecule has 2 aromatic carbocycles. The van der Waals surface area contributed by atoms with Gasteiger partial charge >= 0.3 is 196 Å². The minimum absolute atomic E-state index is 0.00975. The summed E-state index contributed by atoms with van der Waals surface area (Å²) in [4.78, 5) is 0. The van der Waals surface area contributed by atoms with Gasteiger partial charge in [-0.2, -0.15) is 0 Å². The standard InChI is InChI=1S/C29H43O2P/c1-21-14-16-26(24(18-21)28(3,4)5)32(30-20-31-32,23-12-10-9-11-13-23)27-17-15-22(2)19-25(27)29(6,7)8/h14-19,23H,9-13,20H2,1-8H3. The topological polar surface area (TPSA) is 18.5 Å². The van der Waals surface area contributed by atoms with E-state index < -0.39 is 7.06 Å². The van der Waals surface area contributed by atoms with E-state index in [-0.39, 0.29) is 10.8 Å². The van der Waals surface area contributed by atoms with Crippen molar-refractivity contribution in [1.82, 2.24) is 0 Å². The molecule has 176 valence electrons. The van der Waals surface area contributed by atoms with E-state index in [9.17, 15) is 0 Å². The molecule has 0 spiro atoms. The van der Waals surface area contributed by atoms with Gasteiger partial charge in [-0.1, -0.05) is 0 Å². The van der Waals surface area contributed by atoms with E-state index in [1.165, 1.54) is 65.0 Å². The summed E-state index contributed by atoms with van der Waals surface area (Å²) in [5.41, 5.74) is 5.84. The number of aryl methyl sites for hydroxylation is 2. The van der Waals surface area contributed by atoms with Crippen molar-refractivity contribution in [3.05, 3.63) is 58.7 Å². The summed E-state index contributed by atoms with van der Waals surface area (Å²) in [7, 11) is -3.32. The molecule has 32 heavy (non-hydrogen) atoms. The molecule has 0 N–H and O–H groups in total. The molecule has 1 aliphatic carbocycles. The normalized spacial score (nSPS) is 22.6. The van der Waals surface area contributed by atoms with Crippen molar-refractivity contribution in [2.24, 2.45) is 0 Å². The Morgan fingerprint density at radius 1 is 0.688 bits per heavy atom. The van der Waals surface area contributed by atoms with Crippen LogP contribution in [0.5, 0.6) is 0 Å². The van der Waals surface area contributed by atoms with Crippen LogP contribution in [0, 0.1) is 13.8 Å². The van der Waals surface area contributed by atoms with Crippen molar-refractivity contribution in [1.29, 1.82) is 0 Å². The van der Waals surface area contributed by atoms with Crippen molar-refractivity contribution >= 4 is 17.7 Å². The number of benzene rings is 2. The summed E-state index contributed by atoms with van der Waals surface area (Å²) in [6.07, 6.45) is 6.23. The Hall–Kier alpha value is -1.21. The Kier molecular flexibility index (Phi) is 5.93. The Morgan fingerprint density at radius 3 is 1.47 bits per heavy atom. The molecule has 0 atom stereocenters. The van der Waals surface area contributed by atoms with E-state index in [0.29, 0.717) is 12.5 Å². The summed E-state index contributed by atoms with van der Waals surface area (Å²) in [6, 6.07) is 14.1. The first kappa shape index (κ1) is 23.9. The van der Waals surface area contributed by atoms with Gasteiger partial charge in [0.1, 0.15) is 0 Å². The fourth-order valence-electron chi connectivity index (χ4n) is 6.02. The minimum atomic E-state index is -3.32. The third-order valence-electron chi connectivity index (χ3n) is 7.69. The average molecular weight is 455 g/mol. The van der Waals surface area contributed by atoms with Crippen LogP contribution in [-0.4, -0.2) is 12.5 Å². The zero-order valence-electron chi connectivity index (χ0n) is 21.5. The fraction of sp³-hybridized carbons (Fsp3) is 0.586. The van der Waals surface area contributed by atoms with E-state index in [1.54, 1.807) is 0 Å². The van der Waals surface area contributed by atoms with Crippen molar-refractivity contribution in [2.75, 3.05) is 6.79 Å². The number of hydrogen-bond donors (Lipinski definition) is 0. The van der Waals surface area contributed by atoms with Crippen LogP contribution >= 0.6 is 7.06 Å². The molecule has 2 fully saturated rings. The molecule has 0 radical (unpaired) electrons. The van der Waals surface area contributed by atoms with Gasteiger partial charge in [0.25, 0.3) is 0 Å². The molecular formula is C29H43O2P. The molecule has 3 heteroatoms. The van der Waals surface area contributed by atoms with Gasteiger partial charge < -0.3 is 0 Å². The second kappa shape index (κ2) is 7.93. The molecule has 1 aliphatic heterocycles. The monoisotopic (exact) mass is 454 g/mol. The maximum atomic E-state index is 7.08. The maximum absolute atomic E-state index is 7.08. The molecule has 0 bridgehead atoms. The molecule has 0 amide bonds. The van der Waals surface area contributed by atoms with Crippen LogP contribution in [0.3, 0.4) is 0 Å². The van der Waals surface area contributed by atoms with Gasteiger partial charge in [0.05, 0.1) is 0 Å². The molecule has 1 saturated heterocycles. The summed E-state index contributed by atoms with van der Waals surface area (Å²) in [6.45, 7) is 18.8. The van der Waals surface area contributed by atoms with Gasteiger partial charge in [-0.3, -0.25) is 0 Å². The van der Waals surface area contributed by atoms with Crippen molar-refractivity contribution in [3.8, 4) is 0 Å². The Bertz CT molecular complexity index is 931. The van der Waals surface area contributed by atoms with Crippen LogP contribution in [0.1, 0.15) is 95.9 Å². The molecule has 2 aromatic rings. The Balaban J connectivity index is 2.14. The quantitative estimate of drug-likeness (QED) is 0.445. The van der Waals surface area contributed by atoms with Crippen LogP contribution in [0.2, 0.25) is 0 Å². The molecule has 2 nitrogen and oxygen atoms in total. The van der Waals surface area contributed by atoms with E-state index in [4.69, 9.17) is 9.05 Å². The predicted octanol–water partition coefficient (Wildman–Crippen LogP) is 7.57. The van der Waals surface area contributed by atoms with E-state index in [2.05, 4.69) is 91.8 Å². The molecule has 0 aromatic heterocycles. The van der Waals surface area contributed by atoms with Crippen molar-refractivity contribution in [2.45, 2.75) is 104 Å². The van der Waals surface area contributed by atoms with Crippen molar-refractivity contribution in [3.63, 3.8) is 0 Å². The van der Waals surface area contributed by atoms with Gasteiger partial charge in [0.15, 0.2) is 0 Å². The second-order valence-corrected chi connectivity index (χ2v) is 16.5. The van der Waals surface area contributed by atoms with Gasteiger partial charge in [-0.25, -0.2) is 0 Å². The van der Waals surface area contributed by atoms with Gasteiger partial charge in [0.2, 0.25) is 0 Å². The Morgan fingerprint density at radius 2 is 1.12 bits per heavy atom. The molecule has 1 saturated carbocycles. The first-order valence-corrected chi connectivity index (χ1v) is 14.6. The van der Waals surface area contributed by atoms with Gasteiger partial charge in [-0.05, 0) is 0 Å². The average Bonchev–Trinajstić information content (AvgIpc) is 2.68. The molecule has 1 heterocycles. The van der Waals surface area contributed by atoms with Crippen LogP contribution in [0.15, 0.2) is 36.4 Å². The van der Waals surface area contributed by atoms with Crippen LogP contribution in [0.25, 0.3) is 0 Å². The predicted molar refractivity (Wildman–Crippen MR) is 140 cm³/mol. The first-order valence-electron chi connectivity index (χ1n) is 12.4. The van der Waals surface area contributed by atoms with E-state index in [1.807, 2.05) is 0 Å². The molecule has 0 unspecified atom stereocenters. The third-order valence-corrected chi connectivity index (χ3v) is 13.4. The molecule has 4 rings (SSSR count). The van der Waals surface area contributed by atoms with Crippen LogP contribution in [-0.2, 0) is 19.9 Å². The molecule has 2 aliphatic rings. The zero-order chi connectivity index (χ0) is 23.4. The van der Waals surface area contributed by atoms with E-state index in [0.717, 1.165) is 0 Å². The Labute approximate surface area is 196 Å². The van der Waals surface area contributed by atoms with Crippen LogP contribution in [0.4, 0.5) is 0 Å². The summed E-state index contributed by atoms with van der Waals surface area (Å²) >= 11 is 0. The third kappa shape index (κ3) is 3.58. The van der Waals surface area contributed by atoms with Gasteiger partial charge in [-0.15, -0.1) is 0 Å². The SMILES string of the molecule is Cc1ccc(P2(c3ccc(C)cc3C(C)(C)C)(C3CCCCC3)OCO2)c(C(C)(C)C)c1. The van der Waals surface area contributed by atoms with Crippen molar-refractivity contribution < 1.29 is 9.05 Å². The van der Waals surface area contributed by atoms with Crippen LogP contribution < -0.4 is 10.6 Å². The summed E-state index contributed by atoms with van der Waals surface area (Å²) in [5.74, 6) is 0. The zero-order valence-corrected chi connectivity index (χ0v) is 22.4. The summed E-state index contributed by atoms with van der Waals surface area (Å²) < 4.78 is 14.2.